The van der Waals surface area contributed by atoms with Gasteiger partial charge in [-0.05, 0) is 43.7 Å². The number of anilines is 1. The Labute approximate surface area is 118 Å². The molecule has 5 heteroatoms. The van der Waals surface area contributed by atoms with Crippen LogP contribution in [0, 0.1) is 0 Å². The summed E-state index contributed by atoms with van der Waals surface area (Å²) in [7, 11) is 1.76. The smallest absolute Gasteiger partial charge is 0.304 e. The van der Waals surface area contributed by atoms with Crippen LogP contribution in [0.2, 0.25) is 0 Å². The molecule has 108 valence electrons. The lowest BCUT2D eigenvalue weighted by Gasteiger charge is -2.19. The summed E-state index contributed by atoms with van der Waals surface area (Å²) in [4.78, 5) is 24.4. The predicted molar refractivity (Wildman–Crippen MR) is 77.3 cm³/mol. The number of carbonyl (C=O) groups is 2. The van der Waals surface area contributed by atoms with Gasteiger partial charge in [-0.2, -0.15) is 0 Å². The Morgan fingerprint density at radius 3 is 2.95 bits per heavy atom. The molecule has 0 aliphatic carbocycles. The molecule has 1 aromatic carbocycles. The van der Waals surface area contributed by atoms with E-state index < -0.39 is 5.97 Å². The van der Waals surface area contributed by atoms with E-state index in [9.17, 15) is 9.59 Å². The number of carboxylic acids is 1. The molecule has 0 radical (unpaired) electrons. The van der Waals surface area contributed by atoms with Crippen LogP contribution in [0.1, 0.15) is 28.8 Å². The van der Waals surface area contributed by atoms with Crippen molar-refractivity contribution in [2.24, 2.45) is 0 Å². The fourth-order valence-electron chi connectivity index (χ4n) is 2.35. The van der Waals surface area contributed by atoms with E-state index in [1.54, 1.807) is 11.9 Å². The number of aliphatic carboxylic acids is 1. The van der Waals surface area contributed by atoms with Gasteiger partial charge >= 0.3 is 5.97 Å². The lowest BCUT2D eigenvalue weighted by Crippen LogP contribution is -2.28. The number of fused-ring (bicyclic) bond motifs is 1. The number of benzene rings is 1. The van der Waals surface area contributed by atoms with E-state index in [1.807, 2.05) is 18.2 Å². The molecule has 0 amide bonds. The van der Waals surface area contributed by atoms with Gasteiger partial charge in [0.15, 0.2) is 5.78 Å². The minimum Gasteiger partial charge on any atom is -0.481 e. The monoisotopic (exact) mass is 276 g/mol. The quantitative estimate of drug-likeness (QED) is 0.773. The minimum absolute atomic E-state index is 0.0336. The summed E-state index contributed by atoms with van der Waals surface area (Å²) < 4.78 is 0. The van der Waals surface area contributed by atoms with Crippen LogP contribution in [0.4, 0.5) is 5.69 Å². The molecule has 0 aromatic heterocycles. The molecule has 1 aliphatic rings. The topological polar surface area (TPSA) is 69.6 Å². The number of hydrogen-bond donors (Lipinski definition) is 2. The SMILES string of the molecule is CN(CCC(=O)O)CC(=O)c1ccc2c(c1)CCCN2. The van der Waals surface area contributed by atoms with Crippen molar-refractivity contribution in [2.45, 2.75) is 19.3 Å². The first-order valence-corrected chi connectivity index (χ1v) is 6.86. The summed E-state index contributed by atoms with van der Waals surface area (Å²) in [5.74, 6) is -0.810. The number of nitrogens with one attached hydrogen (secondary N) is 1. The summed E-state index contributed by atoms with van der Waals surface area (Å²) in [6.45, 7) is 1.62. The van der Waals surface area contributed by atoms with E-state index >= 15 is 0 Å². The molecule has 0 fully saturated rings. The number of nitrogens with zero attached hydrogens (tertiary/aromatic N) is 1. The highest BCUT2D eigenvalue weighted by Crippen LogP contribution is 2.23. The van der Waals surface area contributed by atoms with Gasteiger partial charge in [-0.25, -0.2) is 0 Å². The lowest BCUT2D eigenvalue weighted by atomic mass is 9.99. The van der Waals surface area contributed by atoms with Crippen molar-refractivity contribution in [1.29, 1.82) is 0 Å². The maximum atomic E-state index is 12.2. The van der Waals surface area contributed by atoms with Crippen molar-refractivity contribution >= 4 is 17.4 Å². The highest BCUT2D eigenvalue weighted by atomic mass is 16.4. The van der Waals surface area contributed by atoms with E-state index in [0.29, 0.717) is 12.1 Å². The summed E-state index contributed by atoms with van der Waals surface area (Å²) in [5, 5.41) is 11.9. The fraction of sp³-hybridized carbons (Fsp3) is 0.467. The van der Waals surface area contributed by atoms with Gasteiger partial charge in [0, 0.05) is 24.3 Å². The molecule has 0 saturated heterocycles. The normalized spacial score (nSPS) is 13.7. The van der Waals surface area contributed by atoms with E-state index in [2.05, 4.69) is 5.32 Å². The second-order valence-corrected chi connectivity index (χ2v) is 5.21. The van der Waals surface area contributed by atoms with Crippen molar-refractivity contribution in [1.82, 2.24) is 4.90 Å². The maximum absolute atomic E-state index is 12.2. The Balaban J connectivity index is 1.97. The molecule has 2 N–H and O–H groups in total. The third-order valence-electron chi connectivity index (χ3n) is 3.49. The number of rotatable bonds is 6. The molecule has 2 rings (SSSR count). The zero-order valence-corrected chi connectivity index (χ0v) is 11.7. The van der Waals surface area contributed by atoms with Crippen LogP contribution >= 0.6 is 0 Å². The van der Waals surface area contributed by atoms with Gasteiger partial charge < -0.3 is 10.4 Å². The summed E-state index contributed by atoms with van der Waals surface area (Å²) in [6.07, 6.45) is 2.14. The molecule has 20 heavy (non-hydrogen) atoms. The van der Waals surface area contributed by atoms with Crippen LogP contribution in [0.5, 0.6) is 0 Å². The highest BCUT2D eigenvalue weighted by molar-refractivity contribution is 5.98. The summed E-state index contributed by atoms with van der Waals surface area (Å²) >= 11 is 0. The lowest BCUT2D eigenvalue weighted by molar-refractivity contribution is -0.137. The average molecular weight is 276 g/mol. The van der Waals surface area contributed by atoms with Crippen LogP contribution in [0.25, 0.3) is 0 Å². The van der Waals surface area contributed by atoms with E-state index in [0.717, 1.165) is 25.1 Å². The van der Waals surface area contributed by atoms with Gasteiger partial charge in [0.05, 0.1) is 13.0 Å². The van der Waals surface area contributed by atoms with Crippen molar-refractivity contribution in [2.75, 3.05) is 32.0 Å². The molecule has 0 unspecified atom stereocenters. The van der Waals surface area contributed by atoms with Crippen LogP contribution < -0.4 is 5.32 Å². The summed E-state index contributed by atoms with van der Waals surface area (Å²) in [5.41, 5.74) is 3.01. The van der Waals surface area contributed by atoms with E-state index in [-0.39, 0.29) is 18.7 Å². The highest BCUT2D eigenvalue weighted by Gasteiger charge is 2.14. The van der Waals surface area contributed by atoms with Crippen molar-refractivity contribution in [3.05, 3.63) is 29.3 Å². The molecule has 1 aromatic rings. The Kier molecular flexibility index (Phi) is 4.74. The molecule has 1 aliphatic heterocycles. The van der Waals surface area contributed by atoms with Crippen LogP contribution in [-0.4, -0.2) is 48.4 Å². The first kappa shape index (κ1) is 14.5. The first-order chi connectivity index (χ1) is 9.56. The number of hydrogen-bond acceptors (Lipinski definition) is 4. The van der Waals surface area contributed by atoms with Gasteiger partial charge in [0.2, 0.25) is 0 Å². The summed E-state index contributed by atoms with van der Waals surface area (Å²) in [6, 6.07) is 5.75. The van der Waals surface area contributed by atoms with Gasteiger partial charge in [-0.15, -0.1) is 0 Å². The molecule has 0 bridgehead atoms. The molecule has 0 atom stereocenters. The number of Topliss-reactive ketones (excluding diaryl/α,β-unsaturated/α-hetero) is 1. The van der Waals surface area contributed by atoms with Crippen LogP contribution in [-0.2, 0) is 11.2 Å². The Bertz CT molecular complexity index is 514. The zero-order valence-electron chi connectivity index (χ0n) is 11.7. The standard InChI is InChI=1S/C15H20N2O3/c1-17(8-6-15(19)20)10-14(18)12-4-5-13-11(9-12)3-2-7-16-13/h4-5,9,16H,2-3,6-8,10H2,1H3,(H,19,20). The average Bonchev–Trinajstić information content (AvgIpc) is 2.44. The van der Waals surface area contributed by atoms with Crippen LogP contribution in [0.15, 0.2) is 18.2 Å². The third-order valence-corrected chi connectivity index (χ3v) is 3.49. The molecule has 0 saturated carbocycles. The number of carboxylic acid groups (broad SMARTS) is 1. The molecule has 5 nitrogen and oxygen atoms in total. The van der Waals surface area contributed by atoms with Gasteiger partial charge in [0.1, 0.15) is 0 Å². The second-order valence-electron chi connectivity index (χ2n) is 5.21. The molecular weight excluding hydrogens is 256 g/mol. The second kappa shape index (κ2) is 6.52. The zero-order chi connectivity index (χ0) is 14.5. The number of aryl methyl sites for hydroxylation is 1. The van der Waals surface area contributed by atoms with Gasteiger partial charge in [0.25, 0.3) is 0 Å². The number of likely N-dealkylation sites (N-methyl/N-ethyl adjacent to an activating group) is 1. The predicted octanol–water partition coefficient (Wildman–Crippen LogP) is 1.63. The van der Waals surface area contributed by atoms with Crippen molar-refractivity contribution in [3.8, 4) is 0 Å². The Morgan fingerprint density at radius 1 is 1.40 bits per heavy atom. The van der Waals surface area contributed by atoms with E-state index in [1.165, 1.54) is 5.56 Å². The van der Waals surface area contributed by atoms with Gasteiger partial charge in [-0.1, -0.05) is 0 Å². The third kappa shape index (κ3) is 3.81. The first-order valence-electron chi connectivity index (χ1n) is 6.86. The Morgan fingerprint density at radius 2 is 2.20 bits per heavy atom. The van der Waals surface area contributed by atoms with Crippen molar-refractivity contribution < 1.29 is 14.7 Å². The van der Waals surface area contributed by atoms with Crippen molar-refractivity contribution in [3.63, 3.8) is 0 Å². The largest absolute Gasteiger partial charge is 0.481 e. The number of carbonyl (C=O) groups excluding carboxylic acids is 1. The fourth-order valence-corrected chi connectivity index (χ4v) is 2.35. The maximum Gasteiger partial charge on any atom is 0.304 e. The number of ketones is 1. The van der Waals surface area contributed by atoms with Gasteiger partial charge in [-0.3, -0.25) is 14.5 Å². The minimum atomic E-state index is -0.843. The molecule has 0 spiro atoms. The molecular formula is C15H20N2O3. The van der Waals surface area contributed by atoms with E-state index in [4.69, 9.17) is 5.11 Å². The molecule has 1 heterocycles. The van der Waals surface area contributed by atoms with Crippen LogP contribution in [0.3, 0.4) is 0 Å². The Hall–Kier alpha value is -1.88.